The van der Waals surface area contributed by atoms with Crippen molar-refractivity contribution in [3.63, 3.8) is 0 Å². The molecule has 1 aromatic heterocycles. The molecule has 0 unspecified atom stereocenters. The lowest BCUT2D eigenvalue weighted by Gasteiger charge is -2.35. The summed E-state index contributed by atoms with van der Waals surface area (Å²) in [6, 6.07) is 14.8. The molecule has 1 aromatic carbocycles. The average Bonchev–Trinajstić information content (AvgIpc) is 3.01. The summed E-state index contributed by atoms with van der Waals surface area (Å²) in [5, 5.41) is 0. The molecular formula is C21H25N3OS. The van der Waals surface area contributed by atoms with E-state index in [0.717, 1.165) is 31.9 Å². The van der Waals surface area contributed by atoms with Crippen LogP contribution in [0.5, 0.6) is 0 Å². The van der Waals surface area contributed by atoms with Crippen molar-refractivity contribution in [3.05, 3.63) is 60.4 Å². The lowest BCUT2D eigenvalue weighted by Crippen LogP contribution is -2.45. The molecule has 2 atom stereocenters. The minimum absolute atomic E-state index is 0.135. The summed E-state index contributed by atoms with van der Waals surface area (Å²) in [5.41, 5.74) is 0.708. The molecule has 2 aromatic rings. The van der Waals surface area contributed by atoms with E-state index in [9.17, 15) is 4.79 Å². The summed E-state index contributed by atoms with van der Waals surface area (Å²) < 4.78 is 0. The van der Waals surface area contributed by atoms with E-state index in [0.29, 0.717) is 17.5 Å². The molecule has 3 aliphatic rings. The molecule has 2 bridgehead atoms. The van der Waals surface area contributed by atoms with Crippen molar-refractivity contribution in [2.45, 2.75) is 23.8 Å². The van der Waals surface area contributed by atoms with Crippen molar-refractivity contribution in [2.75, 3.05) is 31.9 Å². The summed E-state index contributed by atoms with van der Waals surface area (Å²) in [7, 11) is 0. The number of rotatable bonds is 5. The third-order valence-electron chi connectivity index (χ3n) is 5.41. The van der Waals surface area contributed by atoms with E-state index in [1.165, 1.54) is 17.7 Å². The number of hydrogen-bond donors (Lipinski definition) is 0. The van der Waals surface area contributed by atoms with Gasteiger partial charge >= 0.3 is 0 Å². The topological polar surface area (TPSA) is 36.4 Å². The van der Waals surface area contributed by atoms with Crippen LogP contribution >= 0.6 is 11.8 Å². The zero-order chi connectivity index (χ0) is 17.8. The van der Waals surface area contributed by atoms with Crippen LogP contribution in [0.3, 0.4) is 0 Å². The third-order valence-corrected chi connectivity index (χ3v) is 6.41. The number of benzene rings is 1. The molecule has 136 valence electrons. The molecule has 5 heteroatoms. The summed E-state index contributed by atoms with van der Waals surface area (Å²) in [6.07, 6.45) is 5.85. The Balaban J connectivity index is 1.36. The van der Waals surface area contributed by atoms with Crippen molar-refractivity contribution in [3.8, 4) is 0 Å². The maximum absolute atomic E-state index is 12.8. The Labute approximate surface area is 159 Å². The summed E-state index contributed by atoms with van der Waals surface area (Å²) >= 11 is 1.92. The Morgan fingerprint density at radius 3 is 2.77 bits per heavy atom. The predicted molar refractivity (Wildman–Crippen MR) is 105 cm³/mol. The number of carbonyl (C=O) groups is 1. The lowest BCUT2D eigenvalue weighted by atomic mass is 9.95. The quantitative estimate of drug-likeness (QED) is 0.759. The number of piperidine rings is 1. The van der Waals surface area contributed by atoms with Crippen LogP contribution in [0.25, 0.3) is 0 Å². The van der Waals surface area contributed by atoms with Gasteiger partial charge in [-0.3, -0.25) is 14.7 Å². The van der Waals surface area contributed by atoms with Crippen molar-refractivity contribution < 1.29 is 4.79 Å². The molecule has 4 nitrogen and oxygen atoms in total. The molecule has 0 aliphatic carbocycles. The molecular weight excluding hydrogens is 342 g/mol. The van der Waals surface area contributed by atoms with Crippen LogP contribution in [-0.2, 0) is 0 Å². The van der Waals surface area contributed by atoms with Gasteiger partial charge in [-0.15, -0.1) is 11.8 Å². The molecule has 4 heterocycles. The summed E-state index contributed by atoms with van der Waals surface area (Å²) in [6.45, 7) is 3.94. The Morgan fingerprint density at radius 2 is 1.96 bits per heavy atom. The number of amides is 1. The Hall–Kier alpha value is -1.85. The van der Waals surface area contributed by atoms with Crippen molar-refractivity contribution in [1.82, 2.24) is 14.8 Å². The summed E-state index contributed by atoms with van der Waals surface area (Å²) in [4.78, 5) is 22.9. The molecule has 0 saturated carbocycles. The van der Waals surface area contributed by atoms with Crippen LogP contribution < -0.4 is 0 Å². The van der Waals surface area contributed by atoms with E-state index >= 15 is 0 Å². The first-order valence-corrected chi connectivity index (χ1v) is 10.4. The zero-order valence-electron chi connectivity index (χ0n) is 15.0. The van der Waals surface area contributed by atoms with Crippen LogP contribution in [0, 0.1) is 5.92 Å². The van der Waals surface area contributed by atoms with E-state index in [1.807, 2.05) is 23.9 Å². The first-order valence-electron chi connectivity index (χ1n) is 9.41. The number of aromatic nitrogens is 1. The van der Waals surface area contributed by atoms with E-state index in [-0.39, 0.29) is 5.91 Å². The fourth-order valence-electron chi connectivity index (χ4n) is 4.09. The van der Waals surface area contributed by atoms with Crippen LogP contribution in [0.1, 0.15) is 23.2 Å². The number of nitrogens with zero attached hydrogens (tertiary/aromatic N) is 3. The molecule has 1 amide bonds. The van der Waals surface area contributed by atoms with E-state index < -0.39 is 0 Å². The number of hydrogen-bond acceptors (Lipinski definition) is 4. The Bertz CT molecular complexity index is 725. The third kappa shape index (κ3) is 4.10. The fraction of sp³-hybridized carbons (Fsp3) is 0.429. The average molecular weight is 368 g/mol. The second kappa shape index (κ2) is 8.23. The second-order valence-corrected chi connectivity index (χ2v) is 8.37. The van der Waals surface area contributed by atoms with Crippen molar-refractivity contribution in [1.29, 1.82) is 0 Å². The van der Waals surface area contributed by atoms with Crippen molar-refractivity contribution in [2.24, 2.45) is 5.92 Å². The number of pyridine rings is 1. The van der Waals surface area contributed by atoms with Gasteiger partial charge in [-0.25, -0.2) is 0 Å². The minimum atomic E-state index is 0.135. The predicted octanol–water partition coefficient (Wildman–Crippen LogP) is 3.41. The molecule has 0 radical (unpaired) electrons. The highest BCUT2D eigenvalue weighted by molar-refractivity contribution is 7.99. The highest BCUT2D eigenvalue weighted by Crippen LogP contribution is 2.29. The normalized spacial score (nSPS) is 23.0. The van der Waals surface area contributed by atoms with Crippen LogP contribution in [0.2, 0.25) is 0 Å². The van der Waals surface area contributed by atoms with Crippen LogP contribution in [-0.4, -0.2) is 58.7 Å². The highest BCUT2D eigenvalue weighted by atomic mass is 32.2. The molecule has 3 fully saturated rings. The van der Waals surface area contributed by atoms with Gasteiger partial charge in [-0.1, -0.05) is 18.2 Å². The number of carbonyl (C=O) groups excluding carboxylic acids is 1. The van der Waals surface area contributed by atoms with Gasteiger partial charge in [0, 0.05) is 55.3 Å². The van der Waals surface area contributed by atoms with Crippen LogP contribution in [0.4, 0.5) is 0 Å². The highest BCUT2D eigenvalue weighted by Gasteiger charge is 2.36. The molecule has 5 rings (SSSR count). The molecule has 3 aliphatic heterocycles. The van der Waals surface area contributed by atoms with Crippen LogP contribution in [0.15, 0.2) is 59.8 Å². The standard InChI is InChI=1S/C21H25N3OS/c25-21(18-5-4-10-22-13-18)24-15-17-8-9-19(16-24)23(14-17)11-12-26-20-6-2-1-3-7-20/h1-7,10,13,17,19H,8-9,11-12,14-16H2/t17-,19-/m1/s1. The Kier molecular flexibility index (Phi) is 5.56. The van der Waals surface area contributed by atoms with Gasteiger partial charge in [0.15, 0.2) is 0 Å². The maximum Gasteiger partial charge on any atom is 0.255 e. The molecule has 3 saturated heterocycles. The van der Waals surface area contributed by atoms with E-state index in [4.69, 9.17) is 0 Å². The first-order chi connectivity index (χ1) is 12.8. The number of thioether (sulfide) groups is 1. The van der Waals surface area contributed by atoms with Gasteiger partial charge < -0.3 is 4.90 Å². The monoisotopic (exact) mass is 367 g/mol. The van der Waals surface area contributed by atoms with Gasteiger partial charge in [0.25, 0.3) is 5.91 Å². The second-order valence-electron chi connectivity index (χ2n) is 7.21. The zero-order valence-corrected chi connectivity index (χ0v) is 15.8. The Morgan fingerprint density at radius 1 is 1.08 bits per heavy atom. The fourth-order valence-corrected chi connectivity index (χ4v) is 5.00. The SMILES string of the molecule is O=C(c1cccnc1)N1C[C@@H]2CC[C@H](C1)N(CCSc1ccccc1)C2. The summed E-state index contributed by atoms with van der Waals surface area (Å²) in [5.74, 6) is 1.83. The molecule has 0 N–H and O–H groups in total. The number of fused-ring (bicyclic) bond motifs is 4. The van der Waals surface area contributed by atoms with E-state index in [2.05, 4.69) is 45.1 Å². The molecule has 26 heavy (non-hydrogen) atoms. The maximum atomic E-state index is 12.8. The van der Waals surface area contributed by atoms with Gasteiger partial charge in [0.1, 0.15) is 0 Å². The van der Waals surface area contributed by atoms with Gasteiger partial charge in [0.05, 0.1) is 5.56 Å². The lowest BCUT2D eigenvalue weighted by molar-refractivity contribution is 0.0739. The smallest absolute Gasteiger partial charge is 0.255 e. The largest absolute Gasteiger partial charge is 0.337 e. The molecule has 0 spiro atoms. The van der Waals surface area contributed by atoms with Gasteiger partial charge in [0.2, 0.25) is 0 Å². The minimum Gasteiger partial charge on any atom is -0.337 e. The van der Waals surface area contributed by atoms with Gasteiger partial charge in [-0.05, 0) is 43.0 Å². The van der Waals surface area contributed by atoms with Gasteiger partial charge in [-0.2, -0.15) is 0 Å². The van der Waals surface area contributed by atoms with E-state index in [1.54, 1.807) is 12.4 Å². The first kappa shape index (κ1) is 17.6. The van der Waals surface area contributed by atoms with Crippen molar-refractivity contribution >= 4 is 17.7 Å².